The van der Waals surface area contributed by atoms with Gasteiger partial charge in [0.05, 0.1) is 0 Å². The number of H-pyrrole nitrogens is 1. The third-order valence-corrected chi connectivity index (χ3v) is 2.22. The largest absolute Gasteiger partial charge is 0.426 e. The van der Waals surface area contributed by atoms with E-state index < -0.39 is 37.7 Å². The van der Waals surface area contributed by atoms with Crippen LogP contribution in [0.25, 0.3) is 10.9 Å². The summed E-state index contributed by atoms with van der Waals surface area (Å²) in [6.45, 7) is -9.26. The molecule has 0 atom stereocenters. The molecule has 4 heteroatoms. The molecule has 18 heavy (non-hydrogen) atoms. The minimum Gasteiger partial charge on any atom is -0.426 e. The maximum absolute atomic E-state index is 11.4. The van der Waals surface area contributed by atoms with Crippen molar-refractivity contribution in [1.29, 1.82) is 0 Å². The number of aromatic nitrogens is 1. The highest BCUT2D eigenvalue weighted by atomic mass is 16.5. The van der Waals surface area contributed by atoms with E-state index in [1.165, 1.54) is 18.2 Å². The van der Waals surface area contributed by atoms with Gasteiger partial charge in [-0.2, -0.15) is 0 Å². The fraction of sp³-hybridized carbons (Fsp3) is 0.357. The molecule has 0 saturated carbocycles. The molecule has 1 heterocycles. The Morgan fingerprint density at radius 2 is 2.39 bits per heavy atom. The first kappa shape index (κ1) is 5.05. The molecular formula is C14H18N2O2. The van der Waals surface area contributed by atoms with Gasteiger partial charge in [-0.25, -0.2) is 0 Å². The van der Waals surface area contributed by atoms with E-state index in [-0.39, 0.29) is 16.7 Å². The number of hydrogen-bond donors (Lipinski definition) is 1. The first-order valence-electron chi connectivity index (χ1n) is 10.1. The van der Waals surface area contributed by atoms with Gasteiger partial charge in [-0.3, -0.25) is 4.79 Å². The fourth-order valence-electron chi connectivity index (χ4n) is 1.61. The minimum absolute atomic E-state index is 0.00242. The van der Waals surface area contributed by atoms with Gasteiger partial charge in [-0.1, -0.05) is 6.07 Å². The SMILES string of the molecule is [2H]C([2H])([2H])N(C([2H])([2H])[2H])C([2H])([2H])C([2H])([2H])c1c[nH]c2cccc(OC(C)=O)c12. The molecule has 2 rings (SSSR count). The van der Waals surface area contributed by atoms with E-state index in [9.17, 15) is 4.79 Å². The Hall–Kier alpha value is -1.81. The van der Waals surface area contributed by atoms with E-state index in [4.69, 9.17) is 18.4 Å². The zero-order valence-electron chi connectivity index (χ0n) is 19.6. The van der Waals surface area contributed by atoms with Crippen molar-refractivity contribution in [2.45, 2.75) is 13.3 Å². The molecule has 0 unspecified atom stereocenters. The van der Waals surface area contributed by atoms with Crippen molar-refractivity contribution in [3.63, 3.8) is 0 Å². The van der Waals surface area contributed by atoms with Gasteiger partial charge in [0.1, 0.15) is 5.75 Å². The van der Waals surface area contributed by atoms with Gasteiger partial charge < -0.3 is 14.6 Å². The normalized spacial score (nSPS) is 22.3. The predicted molar refractivity (Wildman–Crippen MR) is 71.9 cm³/mol. The third-order valence-electron chi connectivity index (χ3n) is 2.22. The summed E-state index contributed by atoms with van der Waals surface area (Å²) in [5, 5.41) is 0.00242. The summed E-state index contributed by atoms with van der Waals surface area (Å²) in [7, 11) is 0. The fourth-order valence-corrected chi connectivity index (χ4v) is 1.61. The minimum atomic E-state index is -3.48. The lowest BCUT2D eigenvalue weighted by atomic mass is 10.1. The lowest BCUT2D eigenvalue weighted by Crippen LogP contribution is -2.15. The van der Waals surface area contributed by atoms with E-state index in [1.807, 2.05) is 0 Å². The summed E-state index contributed by atoms with van der Waals surface area (Å²) >= 11 is 0. The van der Waals surface area contributed by atoms with E-state index in [1.54, 1.807) is 0 Å². The number of carbonyl (C=O) groups excluding carboxylic acids is 1. The summed E-state index contributed by atoms with van der Waals surface area (Å²) in [5.74, 6) is -0.773. The highest BCUT2D eigenvalue weighted by Crippen LogP contribution is 2.29. The summed E-state index contributed by atoms with van der Waals surface area (Å²) in [5.41, 5.74) is -0.0920. The Morgan fingerprint density at radius 1 is 1.56 bits per heavy atom. The molecule has 4 nitrogen and oxygen atoms in total. The van der Waals surface area contributed by atoms with Crippen LogP contribution in [0.4, 0.5) is 0 Å². The van der Waals surface area contributed by atoms with Crippen LogP contribution in [0, 0.1) is 0 Å². The van der Waals surface area contributed by atoms with Crippen molar-refractivity contribution < 1.29 is 23.2 Å². The zero-order chi connectivity index (χ0) is 21.7. The number of fused-ring (bicyclic) bond motifs is 1. The van der Waals surface area contributed by atoms with Crippen molar-refractivity contribution >= 4 is 16.9 Å². The van der Waals surface area contributed by atoms with Crippen LogP contribution in [-0.2, 0) is 11.2 Å². The molecule has 1 aromatic heterocycles. The molecular weight excluding hydrogens is 228 g/mol. The summed E-state index contributed by atoms with van der Waals surface area (Å²) in [4.78, 5) is 13.6. The van der Waals surface area contributed by atoms with Crippen molar-refractivity contribution in [1.82, 2.24) is 9.88 Å². The number of rotatable bonds is 4. The number of likely N-dealkylation sites (N-methyl/N-ethyl adjacent to an activating group) is 1. The second-order valence-corrected chi connectivity index (χ2v) is 3.55. The van der Waals surface area contributed by atoms with Crippen LogP contribution in [-0.4, -0.2) is 36.3 Å². The maximum Gasteiger partial charge on any atom is 0.308 e. The molecule has 0 aliphatic rings. The summed E-state index contributed by atoms with van der Waals surface area (Å²) in [6.07, 6.45) is -2.03. The van der Waals surface area contributed by atoms with Gasteiger partial charge in [0.25, 0.3) is 0 Å². The lowest BCUT2D eigenvalue weighted by Gasteiger charge is -2.09. The molecule has 0 saturated heterocycles. The Labute approximate surface area is 121 Å². The lowest BCUT2D eigenvalue weighted by molar-refractivity contribution is -0.131. The molecule has 96 valence electrons. The molecule has 1 aromatic carbocycles. The third kappa shape index (κ3) is 2.71. The Balaban J connectivity index is 2.73. The van der Waals surface area contributed by atoms with Gasteiger partial charge in [0.15, 0.2) is 0 Å². The molecule has 2 aromatic rings. The number of esters is 1. The number of aromatic amines is 1. The topological polar surface area (TPSA) is 45.3 Å². The molecule has 1 N–H and O–H groups in total. The number of nitrogens with one attached hydrogen (secondary N) is 1. The van der Waals surface area contributed by atoms with Crippen molar-refractivity contribution in [3.8, 4) is 5.75 Å². The highest BCUT2D eigenvalue weighted by Gasteiger charge is 2.11. The second-order valence-electron chi connectivity index (χ2n) is 3.55. The van der Waals surface area contributed by atoms with Crippen LogP contribution in [0.1, 0.15) is 26.2 Å². The van der Waals surface area contributed by atoms with Crippen LogP contribution in [0.3, 0.4) is 0 Å². The van der Waals surface area contributed by atoms with Crippen LogP contribution in [0.15, 0.2) is 24.4 Å². The molecule has 0 amide bonds. The second kappa shape index (κ2) is 5.23. The monoisotopic (exact) mass is 256 g/mol. The quantitative estimate of drug-likeness (QED) is 0.674. The molecule has 0 spiro atoms. The van der Waals surface area contributed by atoms with Crippen molar-refractivity contribution in [2.24, 2.45) is 0 Å². The number of carbonyl (C=O) groups is 1. The van der Waals surface area contributed by atoms with Gasteiger partial charge in [0.2, 0.25) is 0 Å². The maximum atomic E-state index is 11.4. The number of aryl methyl sites for hydroxylation is 1. The summed E-state index contributed by atoms with van der Waals surface area (Å²) < 4.78 is 82.5. The van der Waals surface area contributed by atoms with Gasteiger partial charge >= 0.3 is 5.97 Å². The Bertz CT molecular complexity index is 870. The van der Waals surface area contributed by atoms with E-state index in [0.717, 1.165) is 13.1 Å². The van der Waals surface area contributed by atoms with Gasteiger partial charge in [-0.05, 0) is 38.0 Å². The molecule has 0 bridgehead atoms. The predicted octanol–water partition coefficient (Wildman–Crippen LogP) is 2.20. The number of benzene rings is 1. The average molecular weight is 256 g/mol. The number of hydrogen-bond acceptors (Lipinski definition) is 3. The Morgan fingerprint density at radius 3 is 3.11 bits per heavy atom. The van der Waals surface area contributed by atoms with Crippen LogP contribution >= 0.6 is 0 Å². The highest BCUT2D eigenvalue weighted by molar-refractivity contribution is 5.91. The van der Waals surface area contributed by atoms with Gasteiger partial charge in [0, 0.05) is 44.2 Å². The standard InChI is InChI=1S/C14H18N2O2/c1-10(17)18-13-6-4-5-12-14(13)11(9-15-12)7-8-16(2)3/h4-6,9,15H,7-8H2,1-3H3/i2D3,3D3,7D2,8D2. The van der Waals surface area contributed by atoms with Crippen molar-refractivity contribution in [2.75, 3.05) is 20.4 Å². The first-order chi connectivity index (χ1) is 12.5. The molecule has 0 aliphatic heterocycles. The van der Waals surface area contributed by atoms with E-state index in [2.05, 4.69) is 4.98 Å². The molecule has 0 radical (unpaired) electrons. The number of ether oxygens (including phenoxy) is 1. The smallest absolute Gasteiger partial charge is 0.308 e. The first-order valence-corrected chi connectivity index (χ1v) is 5.10. The zero-order valence-corrected chi connectivity index (χ0v) is 9.57. The summed E-state index contributed by atoms with van der Waals surface area (Å²) in [6, 6.07) is 4.39. The number of nitrogens with zero attached hydrogens (tertiary/aromatic N) is 1. The van der Waals surface area contributed by atoms with E-state index >= 15 is 0 Å². The molecule has 0 aliphatic carbocycles. The van der Waals surface area contributed by atoms with Crippen LogP contribution in [0.5, 0.6) is 5.75 Å². The Kier molecular flexibility index (Phi) is 1.47. The average Bonchev–Trinajstić information content (AvgIpc) is 2.88. The molecule has 0 fully saturated rings. The van der Waals surface area contributed by atoms with Crippen LogP contribution < -0.4 is 4.74 Å². The van der Waals surface area contributed by atoms with Crippen molar-refractivity contribution in [3.05, 3.63) is 30.0 Å². The van der Waals surface area contributed by atoms with Gasteiger partial charge in [-0.15, -0.1) is 0 Å². The van der Waals surface area contributed by atoms with Crippen LogP contribution in [0.2, 0.25) is 0 Å². The van der Waals surface area contributed by atoms with E-state index in [0.29, 0.717) is 5.52 Å².